The van der Waals surface area contributed by atoms with E-state index in [9.17, 15) is 9.59 Å². The molecule has 1 aliphatic rings. The van der Waals surface area contributed by atoms with Crippen LogP contribution in [0.4, 0.5) is 0 Å². The van der Waals surface area contributed by atoms with Crippen molar-refractivity contribution in [2.45, 2.75) is 32.9 Å². The molecular formula is C26H30N2O4S2. The molecule has 8 heteroatoms. The van der Waals surface area contributed by atoms with Gasteiger partial charge in [0.25, 0.3) is 5.91 Å². The van der Waals surface area contributed by atoms with Crippen molar-refractivity contribution >= 4 is 34.5 Å². The van der Waals surface area contributed by atoms with Gasteiger partial charge in [0.1, 0.15) is 6.61 Å². The zero-order chi connectivity index (χ0) is 23.9. The molecule has 6 nitrogen and oxygen atoms in total. The number of hydrogen-bond acceptors (Lipinski definition) is 6. The van der Waals surface area contributed by atoms with Gasteiger partial charge in [0.2, 0.25) is 5.91 Å². The number of methoxy groups -OCH3 is 1. The molecule has 3 heterocycles. The minimum absolute atomic E-state index is 0.0531. The summed E-state index contributed by atoms with van der Waals surface area (Å²) in [4.78, 5) is 31.5. The number of carbonyl (C=O) groups excluding carboxylic acids is 2. The maximum absolute atomic E-state index is 13.3. The van der Waals surface area contributed by atoms with E-state index in [1.54, 1.807) is 18.4 Å². The standard InChI is InChI=1S/C26H30N2O4S2/c1-3-27(25(29)20-10-12-28(13-11-20)26(30)24-7-5-15-34-24)17-19-8-9-22(23(16-19)31-2)32-18-21-6-4-14-33-21/h4-9,14-16,20H,3,10-13,17-18H2,1-2H3. The summed E-state index contributed by atoms with van der Waals surface area (Å²) in [5.41, 5.74) is 1.00. The highest BCUT2D eigenvalue weighted by molar-refractivity contribution is 7.12. The smallest absolute Gasteiger partial charge is 0.263 e. The summed E-state index contributed by atoms with van der Waals surface area (Å²) in [5.74, 6) is 1.53. The lowest BCUT2D eigenvalue weighted by atomic mass is 9.95. The van der Waals surface area contributed by atoms with Gasteiger partial charge in [0, 0.05) is 37.0 Å². The number of nitrogens with zero attached hydrogens (tertiary/aromatic N) is 2. The molecule has 0 N–H and O–H groups in total. The maximum atomic E-state index is 13.3. The summed E-state index contributed by atoms with van der Waals surface area (Å²) >= 11 is 3.12. The molecule has 0 bridgehead atoms. The summed E-state index contributed by atoms with van der Waals surface area (Å²) in [7, 11) is 1.63. The number of benzene rings is 1. The van der Waals surface area contributed by atoms with E-state index in [4.69, 9.17) is 9.47 Å². The Kier molecular flexibility index (Phi) is 8.24. The van der Waals surface area contributed by atoms with Gasteiger partial charge in [0.15, 0.2) is 11.5 Å². The molecule has 1 aliphatic heterocycles. The van der Waals surface area contributed by atoms with Crippen LogP contribution in [-0.4, -0.2) is 48.4 Å². The number of amides is 2. The highest BCUT2D eigenvalue weighted by Gasteiger charge is 2.30. The van der Waals surface area contributed by atoms with E-state index in [0.717, 1.165) is 15.3 Å². The van der Waals surface area contributed by atoms with Crippen molar-refractivity contribution in [3.8, 4) is 11.5 Å². The second-order valence-electron chi connectivity index (χ2n) is 8.25. The monoisotopic (exact) mass is 498 g/mol. The van der Waals surface area contributed by atoms with E-state index in [0.29, 0.717) is 57.1 Å². The van der Waals surface area contributed by atoms with Crippen LogP contribution in [0.1, 0.15) is 39.9 Å². The molecule has 0 radical (unpaired) electrons. The van der Waals surface area contributed by atoms with Gasteiger partial charge >= 0.3 is 0 Å². The molecule has 1 fully saturated rings. The van der Waals surface area contributed by atoms with Crippen molar-refractivity contribution < 1.29 is 19.1 Å². The summed E-state index contributed by atoms with van der Waals surface area (Å²) in [5, 5.41) is 3.95. The first-order valence-corrected chi connectivity index (χ1v) is 13.3. The Hall–Kier alpha value is -2.84. The molecule has 3 aromatic rings. The lowest BCUT2D eigenvalue weighted by Crippen LogP contribution is -2.44. The molecular weight excluding hydrogens is 468 g/mol. The average molecular weight is 499 g/mol. The molecule has 0 aliphatic carbocycles. The molecule has 0 saturated carbocycles. The Morgan fingerprint density at radius 1 is 1.06 bits per heavy atom. The van der Waals surface area contributed by atoms with Crippen LogP contribution in [0.3, 0.4) is 0 Å². The van der Waals surface area contributed by atoms with Gasteiger partial charge in [-0.05, 0) is 60.4 Å². The highest BCUT2D eigenvalue weighted by Crippen LogP contribution is 2.30. The van der Waals surface area contributed by atoms with Crippen molar-refractivity contribution in [3.05, 3.63) is 68.5 Å². The van der Waals surface area contributed by atoms with Crippen molar-refractivity contribution in [3.63, 3.8) is 0 Å². The third-order valence-electron chi connectivity index (χ3n) is 6.11. The average Bonchev–Trinajstić information content (AvgIpc) is 3.60. The van der Waals surface area contributed by atoms with E-state index in [2.05, 4.69) is 0 Å². The van der Waals surface area contributed by atoms with E-state index in [1.807, 2.05) is 69.9 Å². The largest absolute Gasteiger partial charge is 0.493 e. The number of rotatable bonds is 9. The van der Waals surface area contributed by atoms with Crippen LogP contribution in [0.5, 0.6) is 11.5 Å². The summed E-state index contributed by atoms with van der Waals surface area (Å²) in [6.45, 7) is 4.89. The van der Waals surface area contributed by atoms with Crippen molar-refractivity contribution in [2.75, 3.05) is 26.7 Å². The summed E-state index contributed by atoms with van der Waals surface area (Å²) in [6, 6.07) is 13.6. The van der Waals surface area contributed by atoms with E-state index < -0.39 is 0 Å². The van der Waals surface area contributed by atoms with Crippen LogP contribution in [-0.2, 0) is 17.9 Å². The molecule has 2 amide bonds. The number of hydrogen-bond donors (Lipinski definition) is 0. The molecule has 180 valence electrons. The molecule has 1 saturated heterocycles. The van der Waals surface area contributed by atoms with E-state index in [-0.39, 0.29) is 17.7 Å². The zero-order valence-corrected chi connectivity index (χ0v) is 21.2. The predicted molar refractivity (Wildman–Crippen MR) is 136 cm³/mol. The first kappa shape index (κ1) is 24.3. The zero-order valence-electron chi connectivity index (χ0n) is 19.6. The minimum atomic E-state index is -0.0531. The lowest BCUT2D eigenvalue weighted by molar-refractivity contribution is -0.137. The van der Waals surface area contributed by atoms with Gasteiger partial charge in [-0.25, -0.2) is 0 Å². The van der Waals surface area contributed by atoms with Crippen LogP contribution < -0.4 is 9.47 Å². The fourth-order valence-corrected chi connectivity index (χ4v) is 5.49. The third-order valence-corrected chi connectivity index (χ3v) is 7.82. The van der Waals surface area contributed by atoms with Crippen LogP contribution in [0, 0.1) is 5.92 Å². The van der Waals surface area contributed by atoms with Crippen LogP contribution in [0.15, 0.2) is 53.2 Å². The second-order valence-corrected chi connectivity index (χ2v) is 10.2. The minimum Gasteiger partial charge on any atom is -0.493 e. The fourth-order valence-electron chi connectivity index (χ4n) is 4.18. The Bertz CT molecular complexity index is 1070. The van der Waals surface area contributed by atoms with Gasteiger partial charge in [-0.15, -0.1) is 22.7 Å². The first-order valence-electron chi connectivity index (χ1n) is 11.5. The predicted octanol–water partition coefficient (Wildman–Crippen LogP) is 5.30. The Balaban J connectivity index is 1.34. The van der Waals surface area contributed by atoms with Gasteiger partial charge in [-0.2, -0.15) is 0 Å². The first-order chi connectivity index (χ1) is 16.6. The van der Waals surface area contributed by atoms with Gasteiger partial charge < -0.3 is 19.3 Å². The lowest BCUT2D eigenvalue weighted by Gasteiger charge is -2.34. The normalized spacial score (nSPS) is 14.1. The number of piperidine rings is 1. The number of thiophene rings is 2. The molecule has 0 atom stereocenters. The molecule has 1 aromatic carbocycles. The maximum Gasteiger partial charge on any atom is 0.263 e. The van der Waals surface area contributed by atoms with Gasteiger partial charge in [-0.1, -0.05) is 18.2 Å². The SMILES string of the molecule is CCN(Cc1ccc(OCc2cccs2)c(OC)c1)C(=O)C1CCN(C(=O)c2cccs2)CC1. The number of carbonyl (C=O) groups is 2. The molecule has 2 aromatic heterocycles. The quantitative estimate of drug-likeness (QED) is 0.402. The Morgan fingerprint density at radius 2 is 1.82 bits per heavy atom. The molecule has 0 spiro atoms. The Labute approximate surface area is 208 Å². The summed E-state index contributed by atoms with van der Waals surface area (Å²) in [6.07, 6.45) is 1.40. The number of ether oxygens (including phenoxy) is 2. The Morgan fingerprint density at radius 3 is 2.47 bits per heavy atom. The van der Waals surface area contributed by atoms with E-state index in [1.165, 1.54) is 11.3 Å². The summed E-state index contributed by atoms with van der Waals surface area (Å²) < 4.78 is 11.5. The highest BCUT2D eigenvalue weighted by atomic mass is 32.1. The molecule has 0 unspecified atom stereocenters. The van der Waals surface area contributed by atoms with Crippen LogP contribution >= 0.6 is 22.7 Å². The second kappa shape index (κ2) is 11.5. The van der Waals surface area contributed by atoms with Crippen LogP contribution in [0.2, 0.25) is 0 Å². The van der Waals surface area contributed by atoms with Gasteiger partial charge in [0.05, 0.1) is 12.0 Å². The van der Waals surface area contributed by atoms with Crippen molar-refractivity contribution in [1.82, 2.24) is 9.80 Å². The van der Waals surface area contributed by atoms with E-state index >= 15 is 0 Å². The molecule has 4 rings (SSSR count). The third kappa shape index (κ3) is 5.80. The van der Waals surface area contributed by atoms with Crippen molar-refractivity contribution in [1.29, 1.82) is 0 Å². The van der Waals surface area contributed by atoms with Gasteiger partial charge in [-0.3, -0.25) is 9.59 Å². The topological polar surface area (TPSA) is 59.1 Å². The van der Waals surface area contributed by atoms with Crippen molar-refractivity contribution in [2.24, 2.45) is 5.92 Å². The number of likely N-dealkylation sites (tertiary alicyclic amines) is 1. The fraction of sp³-hybridized carbons (Fsp3) is 0.385. The van der Waals surface area contributed by atoms with Crippen LogP contribution in [0.25, 0.3) is 0 Å². The molecule has 34 heavy (non-hydrogen) atoms.